The molecule has 0 spiro atoms. The van der Waals surface area contributed by atoms with Crippen LogP contribution in [0.4, 0.5) is 0 Å². The summed E-state index contributed by atoms with van der Waals surface area (Å²) in [5.41, 5.74) is 1.52. The first-order valence-corrected chi connectivity index (χ1v) is 5.99. The summed E-state index contributed by atoms with van der Waals surface area (Å²) in [4.78, 5) is 2.49. The Hall–Kier alpha value is -0.860. The van der Waals surface area contributed by atoms with Crippen LogP contribution in [-0.4, -0.2) is 30.1 Å². The second-order valence-electron chi connectivity index (χ2n) is 5.39. The van der Waals surface area contributed by atoms with Crippen LogP contribution in [0, 0.1) is 0 Å². The Balaban J connectivity index is 2.08. The van der Waals surface area contributed by atoms with E-state index < -0.39 is 0 Å². The van der Waals surface area contributed by atoms with Gasteiger partial charge < -0.3 is 4.74 Å². The predicted molar refractivity (Wildman–Crippen MR) is 66.5 cm³/mol. The van der Waals surface area contributed by atoms with Gasteiger partial charge in [-0.3, -0.25) is 4.90 Å². The molecule has 0 aliphatic carbocycles. The van der Waals surface area contributed by atoms with Crippen LogP contribution in [0.1, 0.15) is 32.4 Å². The molecule has 0 N–H and O–H groups in total. The molecule has 2 nitrogen and oxygen atoms in total. The summed E-state index contributed by atoms with van der Waals surface area (Å²) in [6, 6.07) is 10.5. The molecule has 0 aromatic heterocycles. The average molecular weight is 219 g/mol. The van der Waals surface area contributed by atoms with Crippen LogP contribution in [0.3, 0.4) is 0 Å². The smallest absolute Gasteiger partial charge is 0.0952 e. The van der Waals surface area contributed by atoms with E-state index in [1.807, 2.05) is 6.07 Å². The third-order valence-corrected chi connectivity index (χ3v) is 3.19. The van der Waals surface area contributed by atoms with E-state index in [4.69, 9.17) is 4.74 Å². The number of hydrogen-bond donors (Lipinski definition) is 0. The summed E-state index contributed by atoms with van der Waals surface area (Å²) in [6.45, 7) is 9.65. The zero-order chi connectivity index (χ0) is 11.6. The van der Waals surface area contributed by atoms with Gasteiger partial charge in [0.15, 0.2) is 0 Å². The molecule has 1 unspecified atom stereocenters. The quantitative estimate of drug-likeness (QED) is 0.720. The van der Waals surface area contributed by atoms with Crippen LogP contribution in [0.25, 0.3) is 0 Å². The van der Waals surface area contributed by atoms with E-state index in [0.717, 1.165) is 19.7 Å². The van der Waals surface area contributed by atoms with Crippen molar-refractivity contribution in [1.82, 2.24) is 4.90 Å². The molecule has 1 aromatic carbocycles. The average Bonchev–Trinajstić information content (AvgIpc) is 2.29. The highest BCUT2D eigenvalue weighted by Gasteiger charge is 2.28. The molecule has 1 aromatic rings. The number of morpholine rings is 1. The number of hydrogen-bond acceptors (Lipinski definition) is 2. The molecular formula is C14H21NO. The van der Waals surface area contributed by atoms with E-state index in [2.05, 4.69) is 49.9 Å². The van der Waals surface area contributed by atoms with Crippen molar-refractivity contribution >= 4 is 0 Å². The Kier molecular flexibility index (Phi) is 3.31. The van der Waals surface area contributed by atoms with Gasteiger partial charge in [0, 0.05) is 18.6 Å². The highest BCUT2D eigenvalue weighted by Crippen LogP contribution is 2.26. The van der Waals surface area contributed by atoms with Crippen molar-refractivity contribution < 1.29 is 4.74 Å². The van der Waals surface area contributed by atoms with Crippen molar-refractivity contribution in [3.8, 4) is 0 Å². The minimum atomic E-state index is 0.231. The molecule has 16 heavy (non-hydrogen) atoms. The zero-order valence-corrected chi connectivity index (χ0v) is 10.4. The summed E-state index contributed by atoms with van der Waals surface area (Å²) in [5, 5.41) is 0. The van der Waals surface area contributed by atoms with E-state index in [1.54, 1.807) is 0 Å². The van der Waals surface area contributed by atoms with Crippen LogP contribution in [0.5, 0.6) is 0 Å². The maximum absolute atomic E-state index is 5.85. The molecule has 2 heteroatoms. The maximum atomic E-state index is 5.85. The number of rotatable bonds is 1. The molecule has 1 aliphatic rings. The molecule has 2 rings (SSSR count). The van der Waals surface area contributed by atoms with Gasteiger partial charge in [-0.15, -0.1) is 0 Å². The topological polar surface area (TPSA) is 12.5 Å². The van der Waals surface area contributed by atoms with Gasteiger partial charge in [0.05, 0.1) is 12.7 Å². The summed E-state index contributed by atoms with van der Waals surface area (Å²) in [7, 11) is 0. The summed E-state index contributed by atoms with van der Waals surface area (Å²) >= 11 is 0. The fraction of sp³-hybridized carbons (Fsp3) is 0.571. The summed E-state index contributed by atoms with van der Waals surface area (Å²) in [5.74, 6) is 0. The Bertz CT molecular complexity index is 328. The fourth-order valence-electron chi connectivity index (χ4n) is 2.13. The number of ether oxygens (including phenoxy) is 1. The Morgan fingerprint density at radius 2 is 1.88 bits per heavy atom. The van der Waals surface area contributed by atoms with Crippen molar-refractivity contribution in [2.45, 2.75) is 32.4 Å². The SMILES string of the molecule is CC(C)(C)N1CCOC(c2ccccc2)C1. The van der Waals surface area contributed by atoms with Gasteiger partial charge in [0.1, 0.15) is 0 Å². The van der Waals surface area contributed by atoms with Gasteiger partial charge in [-0.1, -0.05) is 30.3 Å². The van der Waals surface area contributed by atoms with Gasteiger partial charge in [-0.25, -0.2) is 0 Å². The first-order chi connectivity index (χ1) is 7.57. The van der Waals surface area contributed by atoms with E-state index in [9.17, 15) is 0 Å². The maximum Gasteiger partial charge on any atom is 0.0952 e. The summed E-state index contributed by atoms with van der Waals surface area (Å²) < 4.78 is 5.85. The normalized spacial score (nSPS) is 23.3. The molecule has 0 radical (unpaired) electrons. The number of benzene rings is 1. The van der Waals surface area contributed by atoms with E-state index in [1.165, 1.54) is 5.56 Å². The van der Waals surface area contributed by atoms with Crippen molar-refractivity contribution in [2.24, 2.45) is 0 Å². The van der Waals surface area contributed by atoms with Crippen LogP contribution in [-0.2, 0) is 4.74 Å². The van der Waals surface area contributed by atoms with Gasteiger partial charge in [-0.05, 0) is 26.3 Å². The first-order valence-electron chi connectivity index (χ1n) is 5.99. The van der Waals surface area contributed by atoms with Crippen LogP contribution < -0.4 is 0 Å². The minimum Gasteiger partial charge on any atom is -0.371 e. The molecule has 88 valence electrons. The lowest BCUT2D eigenvalue weighted by Gasteiger charge is -2.41. The molecular weight excluding hydrogens is 198 g/mol. The first kappa shape index (κ1) is 11.6. The molecule has 1 aliphatic heterocycles. The molecule has 1 atom stereocenters. The van der Waals surface area contributed by atoms with Gasteiger partial charge >= 0.3 is 0 Å². The monoisotopic (exact) mass is 219 g/mol. The van der Waals surface area contributed by atoms with Crippen molar-refractivity contribution in [3.63, 3.8) is 0 Å². The van der Waals surface area contributed by atoms with Crippen LogP contribution in [0.2, 0.25) is 0 Å². The van der Waals surface area contributed by atoms with Gasteiger partial charge in [-0.2, -0.15) is 0 Å². The van der Waals surface area contributed by atoms with E-state index in [0.29, 0.717) is 0 Å². The van der Waals surface area contributed by atoms with Crippen LogP contribution in [0.15, 0.2) is 30.3 Å². The molecule has 1 fully saturated rings. The third-order valence-electron chi connectivity index (χ3n) is 3.19. The predicted octanol–water partition coefficient (Wildman–Crippen LogP) is 2.86. The van der Waals surface area contributed by atoms with Crippen LogP contribution >= 0.6 is 0 Å². The molecule has 0 amide bonds. The molecule has 1 heterocycles. The largest absolute Gasteiger partial charge is 0.371 e. The molecule has 0 bridgehead atoms. The van der Waals surface area contributed by atoms with Crippen molar-refractivity contribution in [1.29, 1.82) is 0 Å². The van der Waals surface area contributed by atoms with Crippen molar-refractivity contribution in [2.75, 3.05) is 19.7 Å². The van der Waals surface area contributed by atoms with Crippen molar-refractivity contribution in [3.05, 3.63) is 35.9 Å². The Labute approximate surface area is 98.2 Å². The fourth-order valence-corrected chi connectivity index (χ4v) is 2.13. The number of nitrogens with zero attached hydrogens (tertiary/aromatic N) is 1. The van der Waals surface area contributed by atoms with E-state index >= 15 is 0 Å². The second kappa shape index (κ2) is 4.56. The third kappa shape index (κ3) is 2.63. The lowest BCUT2D eigenvalue weighted by Crippen LogP contribution is -2.48. The second-order valence-corrected chi connectivity index (χ2v) is 5.39. The van der Waals surface area contributed by atoms with E-state index in [-0.39, 0.29) is 11.6 Å². The Morgan fingerprint density at radius 1 is 1.19 bits per heavy atom. The van der Waals surface area contributed by atoms with Gasteiger partial charge in [0.2, 0.25) is 0 Å². The zero-order valence-electron chi connectivity index (χ0n) is 10.4. The standard InChI is InChI=1S/C14H21NO/c1-14(2,3)15-9-10-16-13(11-15)12-7-5-4-6-8-12/h4-8,13H,9-11H2,1-3H3. The minimum absolute atomic E-state index is 0.231. The molecule has 1 saturated heterocycles. The van der Waals surface area contributed by atoms with Gasteiger partial charge in [0.25, 0.3) is 0 Å². The molecule has 0 saturated carbocycles. The lowest BCUT2D eigenvalue weighted by molar-refractivity contribution is -0.0596. The summed E-state index contributed by atoms with van der Waals surface area (Å²) in [6.07, 6.45) is 0.231. The highest BCUT2D eigenvalue weighted by atomic mass is 16.5. The Morgan fingerprint density at radius 3 is 2.50 bits per heavy atom. The highest BCUT2D eigenvalue weighted by molar-refractivity contribution is 5.18. The lowest BCUT2D eigenvalue weighted by atomic mass is 10.0.